The van der Waals surface area contributed by atoms with Crippen LogP contribution >= 0.6 is 22.6 Å². The van der Waals surface area contributed by atoms with Gasteiger partial charge in [-0.05, 0) is 53.8 Å². The Bertz CT molecular complexity index is 462. The van der Waals surface area contributed by atoms with Crippen molar-refractivity contribution in [3.63, 3.8) is 0 Å². The maximum atomic E-state index is 5.68. The van der Waals surface area contributed by atoms with Gasteiger partial charge in [-0.1, -0.05) is 0 Å². The molecule has 0 radical (unpaired) electrons. The molecule has 0 aliphatic carbocycles. The second-order valence-corrected chi connectivity index (χ2v) is 4.27. The number of nitrogen functional groups attached to an aromatic ring is 1. The Kier molecular flexibility index (Phi) is 2.45. The van der Waals surface area contributed by atoms with Gasteiger partial charge in [-0.3, -0.25) is 0 Å². The maximum Gasteiger partial charge on any atom is 0.0780 e. The summed E-state index contributed by atoms with van der Waals surface area (Å²) in [5.74, 6) is 0. The highest BCUT2D eigenvalue weighted by molar-refractivity contribution is 14.1. The highest BCUT2D eigenvalue weighted by Gasteiger charge is 2.03. The monoisotopic (exact) mass is 299 g/mol. The molecule has 2 aromatic rings. The van der Waals surface area contributed by atoms with Crippen LogP contribution in [-0.4, -0.2) is 9.78 Å². The van der Waals surface area contributed by atoms with E-state index in [1.54, 1.807) is 0 Å². The molecule has 0 fully saturated rings. The predicted octanol–water partition coefficient (Wildman–Crippen LogP) is 2.37. The Morgan fingerprint density at radius 1 is 1.36 bits per heavy atom. The summed E-state index contributed by atoms with van der Waals surface area (Å²) in [4.78, 5) is 0. The van der Waals surface area contributed by atoms with Crippen LogP contribution in [0.3, 0.4) is 0 Å². The van der Waals surface area contributed by atoms with E-state index in [2.05, 4.69) is 27.7 Å². The first-order valence-electron chi connectivity index (χ1n) is 4.24. The molecule has 0 spiro atoms. The topological polar surface area (TPSA) is 43.8 Å². The van der Waals surface area contributed by atoms with Gasteiger partial charge in [-0.25, -0.2) is 4.68 Å². The number of anilines is 1. The number of aryl methyl sites for hydroxylation is 1. The molecule has 0 atom stereocenters. The van der Waals surface area contributed by atoms with Gasteiger partial charge >= 0.3 is 0 Å². The fraction of sp³-hybridized carbons (Fsp3) is 0.100. The molecule has 72 valence electrons. The zero-order valence-corrected chi connectivity index (χ0v) is 9.89. The number of halogens is 1. The third-order valence-electron chi connectivity index (χ3n) is 1.94. The van der Waals surface area contributed by atoms with E-state index in [1.165, 1.54) is 0 Å². The van der Waals surface area contributed by atoms with E-state index in [-0.39, 0.29) is 0 Å². The summed E-state index contributed by atoms with van der Waals surface area (Å²) in [5, 5.41) is 4.34. The van der Waals surface area contributed by atoms with Crippen LogP contribution in [0.15, 0.2) is 30.5 Å². The largest absolute Gasteiger partial charge is 0.399 e. The Morgan fingerprint density at radius 2 is 2.14 bits per heavy atom. The summed E-state index contributed by atoms with van der Waals surface area (Å²) in [6.45, 7) is 1.97. The maximum absolute atomic E-state index is 5.68. The number of hydrogen-bond donors (Lipinski definition) is 1. The Morgan fingerprint density at radius 3 is 2.71 bits per heavy atom. The minimum absolute atomic E-state index is 0.780. The zero-order chi connectivity index (χ0) is 10.1. The Balaban J connectivity index is 2.52. The summed E-state index contributed by atoms with van der Waals surface area (Å²) in [6, 6.07) is 7.78. The van der Waals surface area contributed by atoms with Gasteiger partial charge in [0.05, 0.1) is 11.4 Å². The number of aromatic nitrogens is 2. The molecule has 2 N–H and O–H groups in total. The molecule has 0 aliphatic heterocycles. The highest BCUT2D eigenvalue weighted by Crippen LogP contribution is 2.19. The Hall–Kier alpha value is -1.04. The first-order chi connectivity index (χ1) is 6.66. The molecule has 1 aromatic carbocycles. The molecule has 1 heterocycles. The lowest BCUT2D eigenvalue weighted by Crippen LogP contribution is -1.98. The molecule has 0 unspecified atom stereocenters. The van der Waals surface area contributed by atoms with Crippen LogP contribution in [0.1, 0.15) is 5.69 Å². The summed E-state index contributed by atoms with van der Waals surface area (Å²) in [6.07, 6.45) is 1.95. The molecule has 14 heavy (non-hydrogen) atoms. The van der Waals surface area contributed by atoms with E-state index in [0.717, 1.165) is 20.6 Å². The van der Waals surface area contributed by atoms with E-state index >= 15 is 0 Å². The van der Waals surface area contributed by atoms with Crippen LogP contribution in [0, 0.1) is 10.5 Å². The molecule has 0 bridgehead atoms. The van der Waals surface area contributed by atoms with Crippen LogP contribution in [0.25, 0.3) is 5.69 Å². The van der Waals surface area contributed by atoms with Crippen molar-refractivity contribution < 1.29 is 0 Å². The van der Waals surface area contributed by atoms with E-state index in [4.69, 9.17) is 5.73 Å². The normalized spacial score (nSPS) is 10.4. The standard InChI is InChI=1S/C10H10IN3/c1-7-4-5-14(13-7)10-3-2-8(12)6-9(10)11/h2-6H,12H2,1H3. The van der Waals surface area contributed by atoms with Crippen molar-refractivity contribution in [2.24, 2.45) is 0 Å². The van der Waals surface area contributed by atoms with E-state index < -0.39 is 0 Å². The van der Waals surface area contributed by atoms with Crippen LogP contribution in [0.4, 0.5) is 5.69 Å². The first kappa shape index (κ1) is 9.51. The van der Waals surface area contributed by atoms with Gasteiger partial charge in [-0.2, -0.15) is 5.10 Å². The fourth-order valence-corrected chi connectivity index (χ4v) is 2.04. The van der Waals surface area contributed by atoms with E-state index in [9.17, 15) is 0 Å². The molecule has 1 aromatic heterocycles. The number of nitrogens with two attached hydrogens (primary N) is 1. The lowest BCUT2D eigenvalue weighted by Gasteiger charge is -2.04. The van der Waals surface area contributed by atoms with E-state index in [1.807, 2.05) is 42.1 Å². The van der Waals surface area contributed by atoms with Crippen LogP contribution in [0.2, 0.25) is 0 Å². The van der Waals surface area contributed by atoms with Crippen molar-refractivity contribution in [1.29, 1.82) is 0 Å². The summed E-state index contributed by atoms with van der Waals surface area (Å²) in [7, 11) is 0. The average molecular weight is 299 g/mol. The highest BCUT2D eigenvalue weighted by atomic mass is 127. The third-order valence-corrected chi connectivity index (χ3v) is 2.80. The minimum atomic E-state index is 0.780. The Labute approximate surface area is 96.1 Å². The zero-order valence-electron chi connectivity index (χ0n) is 7.74. The molecule has 0 saturated carbocycles. The SMILES string of the molecule is Cc1ccn(-c2ccc(N)cc2I)n1. The van der Waals surface area contributed by atoms with E-state index in [0.29, 0.717) is 0 Å². The van der Waals surface area contributed by atoms with Crippen molar-refractivity contribution in [2.45, 2.75) is 6.92 Å². The summed E-state index contributed by atoms with van der Waals surface area (Å²) < 4.78 is 2.96. The van der Waals surface area contributed by atoms with Crippen molar-refractivity contribution in [1.82, 2.24) is 9.78 Å². The second-order valence-electron chi connectivity index (χ2n) is 3.11. The van der Waals surface area contributed by atoms with Crippen molar-refractivity contribution in [3.05, 3.63) is 39.7 Å². The predicted molar refractivity (Wildman–Crippen MR) is 65.4 cm³/mol. The number of rotatable bonds is 1. The average Bonchev–Trinajstić information content (AvgIpc) is 2.51. The third kappa shape index (κ3) is 1.75. The van der Waals surface area contributed by atoms with Gasteiger partial charge < -0.3 is 5.73 Å². The fourth-order valence-electron chi connectivity index (χ4n) is 1.26. The van der Waals surface area contributed by atoms with Crippen LogP contribution in [0.5, 0.6) is 0 Å². The van der Waals surface area contributed by atoms with Crippen molar-refractivity contribution >= 4 is 28.3 Å². The number of hydrogen-bond acceptors (Lipinski definition) is 2. The van der Waals surface area contributed by atoms with Gasteiger partial charge in [0.2, 0.25) is 0 Å². The van der Waals surface area contributed by atoms with Gasteiger partial charge in [0, 0.05) is 15.5 Å². The molecular formula is C10H10IN3. The van der Waals surface area contributed by atoms with Crippen molar-refractivity contribution in [2.75, 3.05) is 5.73 Å². The first-order valence-corrected chi connectivity index (χ1v) is 5.32. The molecule has 4 heteroatoms. The quantitative estimate of drug-likeness (QED) is 0.649. The second kappa shape index (κ2) is 3.61. The summed E-state index contributed by atoms with van der Waals surface area (Å²) in [5.41, 5.74) is 8.53. The smallest absolute Gasteiger partial charge is 0.0780 e. The molecular weight excluding hydrogens is 289 g/mol. The molecule has 0 aliphatic rings. The number of benzene rings is 1. The lowest BCUT2D eigenvalue weighted by molar-refractivity contribution is 0.858. The van der Waals surface area contributed by atoms with Gasteiger partial charge in [0.15, 0.2) is 0 Å². The van der Waals surface area contributed by atoms with Gasteiger partial charge in [-0.15, -0.1) is 0 Å². The van der Waals surface area contributed by atoms with Crippen LogP contribution in [-0.2, 0) is 0 Å². The van der Waals surface area contributed by atoms with Crippen LogP contribution < -0.4 is 5.73 Å². The van der Waals surface area contributed by atoms with Gasteiger partial charge in [0.25, 0.3) is 0 Å². The van der Waals surface area contributed by atoms with Gasteiger partial charge in [0.1, 0.15) is 0 Å². The van der Waals surface area contributed by atoms with Crippen molar-refractivity contribution in [3.8, 4) is 5.69 Å². The lowest BCUT2D eigenvalue weighted by atomic mass is 10.3. The summed E-state index contributed by atoms with van der Waals surface area (Å²) >= 11 is 2.26. The minimum Gasteiger partial charge on any atom is -0.399 e. The molecule has 0 saturated heterocycles. The molecule has 3 nitrogen and oxygen atoms in total. The molecule has 0 amide bonds. The number of nitrogens with zero attached hydrogens (tertiary/aromatic N) is 2. The molecule has 2 rings (SSSR count).